The van der Waals surface area contributed by atoms with Crippen molar-refractivity contribution in [2.24, 2.45) is 0 Å². The molecule has 1 aliphatic carbocycles. The Morgan fingerprint density at radius 2 is 1.67 bits per heavy atom. The molecule has 3 rings (SSSR count). The van der Waals surface area contributed by atoms with Crippen LogP contribution in [0.5, 0.6) is 0 Å². The summed E-state index contributed by atoms with van der Waals surface area (Å²) in [5.74, 6) is -0.574. The van der Waals surface area contributed by atoms with Crippen LogP contribution in [0.2, 0.25) is 0 Å². The Bertz CT molecular complexity index is 1140. The number of likely N-dealkylation sites (N-methyl/N-ethyl adjacent to an activating group) is 1. The number of benzene rings is 2. The minimum absolute atomic E-state index is 0.126. The van der Waals surface area contributed by atoms with Gasteiger partial charge in [0.05, 0.1) is 11.4 Å². The minimum Gasteiger partial charge on any atom is -0.352 e. The topological polar surface area (TPSA) is 86.8 Å². The second kappa shape index (κ2) is 12.5. The van der Waals surface area contributed by atoms with Crippen molar-refractivity contribution < 1.29 is 18.0 Å². The fourth-order valence-corrected chi connectivity index (χ4v) is 5.85. The minimum atomic E-state index is -3.85. The Kier molecular flexibility index (Phi) is 9.68. The molecule has 0 aliphatic heterocycles. The summed E-state index contributed by atoms with van der Waals surface area (Å²) < 4.78 is 27.3. The second-order valence-electron chi connectivity index (χ2n) is 9.85. The van der Waals surface area contributed by atoms with Crippen LogP contribution in [0.1, 0.15) is 62.1 Å². The smallest absolute Gasteiger partial charge is 0.243 e. The largest absolute Gasteiger partial charge is 0.352 e. The average Bonchev–Trinajstić information content (AvgIpc) is 2.84. The van der Waals surface area contributed by atoms with Crippen LogP contribution in [0.4, 0.5) is 0 Å². The molecule has 1 aliphatic rings. The van der Waals surface area contributed by atoms with Crippen LogP contribution in [0, 0.1) is 13.8 Å². The van der Waals surface area contributed by atoms with Gasteiger partial charge < -0.3 is 10.2 Å². The van der Waals surface area contributed by atoms with E-state index in [0.29, 0.717) is 6.42 Å². The lowest BCUT2D eigenvalue weighted by Gasteiger charge is -2.33. The van der Waals surface area contributed by atoms with Crippen molar-refractivity contribution in [1.82, 2.24) is 14.5 Å². The number of hydrogen-bond donors (Lipinski definition) is 1. The molecule has 0 bridgehead atoms. The van der Waals surface area contributed by atoms with Crippen LogP contribution < -0.4 is 5.32 Å². The van der Waals surface area contributed by atoms with E-state index in [0.717, 1.165) is 46.7 Å². The summed E-state index contributed by atoms with van der Waals surface area (Å²) in [6.45, 7) is 5.62. The van der Waals surface area contributed by atoms with Gasteiger partial charge in [0, 0.05) is 19.6 Å². The lowest BCUT2D eigenvalue weighted by atomic mass is 9.95. The molecule has 1 fully saturated rings. The predicted molar refractivity (Wildman–Crippen MR) is 142 cm³/mol. The first-order valence-corrected chi connectivity index (χ1v) is 14.2. The molecule has 0 saturated heterocycles. The maximum Gasteiger partial charge on any atom is 0.243 e. The Hall–Kier alpha value is -2.71. The van der Waals surface area contributed by atoms with Crippen LogP contribution >= 0.6 is 0 Å². The van der Waals surface area contributed by atoms with Crippen LogP contribution in [0.15, 0.2) is 53.4 Å². The van der Waals surface area contributed by atoms with E-state index in [2.05, 4.69) is 5.32 Å². The number of nitrogens with zero attached hydrogens (tertiary/aromatic N) is 2. The van der Waals surface area contributed by atoms with Gasteiger partial charge >= 0.3 is 0 Å². The highest BCUT2D eigenvalue weighted by Gasteiger charge is 2.32. The van der Waals surface area contributed by atoms with Gasteiger partial charge in [0.25, 0.3) is 0 Å². The zero-order chi connectivity index (χ0) is 26.3. The van der Waals surface area contributed by atoms with Gasteiger partial charge in [0.2, 0.25) is 21.8 Å². The summed E-state index contributed by atoms with van der Waals surface area (Å²) in [6, 6.07) is 13.8. The van der Waals surface area contributed by atoms with Crippen LogP contribution in [-0.4, -0.2) is 55.1 Å². The molecule has 0 aromatic heterocycles. The third-order valence-electron chi connectivity index (χ3n) is 6.86. The van der Waals surface area contributed by atoms with Crippen LogP contribution in [0.25, 0.3) is 0 Å². The number of rotatable bonds is 10. The third-order valence-corrected chi connectivity index (χ3v) is 8.68. The van der Waals surface area contributed by atoms with Crippen molar-refractivity contribution in [2.75, 3.05) is 13.6 Å². The highest BCUT2D eigenvalue weighted by molar-refractivity contribution is 7.89. The van der Waals surface area contributed by atoms with E-state index in [1.165, 1.54) is 18.4 Å². The highest BCUT2D eigenvalue weighted by atomic mass is 32.2. The molecule has 2 aromatic carbocycles. The Balaban J connectivity index is 1.83. The summed E-state index contributed by atoms with van der Waals surface area (Å²) in [5.41, 5.74) is 2.90. The quantitative estimate of drug-likeness (QED) is 0.516. The number of sulfonamides is 1. The van der Waals surface area contributed by atoms with Crippen molar-refractivity contribution in [3.05, 3.63) is 65.2 Å². The Labute approximate surface area is 215 Å². The SMILES string of the molecule is CC[C@H](C(=O)NC1CCCCC1)N(Cc1cccc(C)c1)C(=O)CN(C)S(=O)(=O)c1ccc(C)cc1. The van der Waals surface area contributed by atoms with Gasteiger partial charge in [-0.2, -0.15) is 4.31 Å². The van der Waals surface area contributed by atoms with Crippen molar-refractivity contribution in [1.29, 1.82) is 0 Å². The molecule has 0 spiro atoms. The Morgan fingerprint density at radius 1 is 1.00 bits per heavy atom. The lowest BCUT2D eigenvalue weighted by Crippen LogP contribution is -2.53. The third kappa shape index (κ3) is 7.17. The zero-order valence-corrected chi connectivity index (χ0v) is 22.7. The molecule has 0 radical (unpaired) electrons. The molecular formula is C28H39N3O4S. The summed E-state index contributed by atoms with van der Waals surface area (Å²) in [7, 11) is -2.45. The van der Waals surface area contributed by atoms with Crippen LogP contribution in [0.3, 0.4) is 0 Å². The fraction of sp³-hybridized carbons (Fsp3) is 0.500. The molecule has 0 unspecified atom stereocenters. The normalized spacial score (nSPS) is 15.5. The first kappa shape index (κ1) is 27.9. The summed E-state index contributed by atoms with van der Waals surface area (Å²) in [5, 5.41) is 3.15. The molecule has 196 valence electrons. The van der Waals surface area contributed by atoms with Gasteiger partial charge in [0.1, 0.15) is 6.04 Å². The molecule has 8 heteroatoms. The van der Waals surface area contributed by atoms with Crippen molar-refractivity contribution in [3.63, 3.8) is 0 Å². The number of carbonyl (C=O) groups is 2. The van der Waals surface area contributed by atoms with Crippen LogP contribution in [-0.2, 0) is 26.2 Å². The van der Waals surface area contributed by atoms with Gasteiger partial charge in [-0.3, -0.25) is 9.59 Å². The summed E-state index contributed by atoms with van der Waals surface area (Å²) in [6.07, 6.45) is 5.70. The van der Waals surface area contributed by atoms with E-state index in [1.807, 2.05) is 45.0 Å². The van der Waals surface area contributed by atoms with Gasteiger partial charge in [-0.05, 0) is 50.8 Å². The van der Waals surface area contributed by atoms with Gasteiger partial charge in [-0.1, -0.05) is 73.7 Å². The van der Waals surface area contributed by atoms with E-state index in [-0.39, 0.29) is 29.9 Å². The maximum atomic E-state index is 13.6. The lowest BCUT2D eigenvalue weighted by molar-refractivity contribution is -0.141. The molecule has 36 heavy (non-hydrogen) atoms. The molecule has 1 saturated carbocycles. The standard InChI is InChI=1S/C28H39N3O4S/c1-5-26(28(33)29-24-12-7-6-8-13-24)31(19-23-11-9-10-22(3)18-23)27(32)20-30(4)36(34,35)25-16-14-21(2)15-17-25/h9-11,14-18,24,26H,5-8,12-13,19-20H2,1-4H3,(H,29,33)/t26-/m1/s1. The van der Waals surface area contributed by atoms with Crippen molar-refractivity contribution >= 4 is 21.8 Å². The van der Waals surface area contributed by atoms with E-state index < -0.39 is 22.0 Å². The number of carbonyl (C=O) groups excluding carboxylic acids is 2. The molecule has 1 atom stereocenters. The second-order valence-corrected chi connectivity index (χ2v) is 11.9. The van der Waals surface area contributed by atoms with Gasteiger partial charge in [0.15, 0.2) is 0 Å². The predicted octanol–water partition coefficient (Wildman–Crippen LogP) is 4.18. The van der Waals surface area contributed by atoms with Gasteiger partial charge in [-0.25, -0.2) is 8.42 Å². The number of amides is 2. The summed E-state index contributed by atoms with van der Waals surface area (Å²) >= 11 is 0. The maximum absolute atomic E-state index is 13.6. The fourth-order valence-electron chi connectivity index (χ4n) is 4.73. The van der Waals surface area contributed by atoms with E-state index >= 15 is 0 Å². The molecule has 1 N–H and O–H groups in total. The first-order chi connectivity index (χ1) is 17.1. The first-order valence-electron chi connectivity index (χ1n) is 12.8. The monoisotopic (exact) mass is 513 g/mol. The van der Waals surface area contributed by atoms with E-state index in [9.17, 15) is 18.0 Å². The molecule has 0 heterocycles. The molecule has 2 aromatic rings. The number of nitrogens with one attached hydrogen (secondary N) is 1. The zero-order valence-electron chi connectivity index (χ0n) is 21.9. The van der Waals surface area contributed by atoms with E-state index in [1.54, 1.807) is 24.3 Å². The molecule has 2 amide bonds. The number of aryl methyl sites for hydroxylation is 2. The Morgan fingerprint density at radius 3 is 2.28 bits per heavy atom. The van der Waals surface area contributed by atoms with Gasteiger partial charge in [-0.15, -0.1) is 0 Å². The van der Waals surface area contributed by atoms with Crippen molar-refractivity contribution in [3.8, 4) is 0 Å². The average molecular weight is 514 g/mol. The van der Waals surface area contributed by atoms with E-state index in [4.69, 9.17) is 0 Å². The molecular weight excluding hydrogens is 474 g/mol. The van der Waals surface area contributed by atoms with Crippen molar-refractivity contribution in [2.45, 2.75) is 82.8 Å². The number of hydrogen-bond acceptors (Lipinski definition) is 4. The summed E-state index contributed by atoms with van der Waals surface area (Å²) in [4.78, 5) is 28.6. The highest BCUT2D eigenvalue weighted by Crippen LogP contribution is 2.20. The molecule has 7 nitrogen and oxygen atoms in total.